The second-order valence-electron chi connectivity index (χ2n) is 3.81. The molecule has 0 heterocycles. The van der Waals surface area contributed by atoms with Gasteiger partial charge in [0, 0.05) is 12.1 Å². The predicted octanol–water partition coefficient (Wildman–Crippen LogP) is 0.982. The summed E-state index contributed by atoms with van der Waals surface area (Å²) in [6.07, 6.45) is 0.187. The molecule has 0 spiro atoms. The van der Waals surface area contributed by atoms with Crippen LogP contribution in [0.5, 0.6) is 0 Å². The van der Waals surface area contributed by atoms with Crippen molar-refractivity contribution < 1.29 is 22.9 Å². The number of hydrogen-bond acceptors (Lipinski definition) is 6. The summed E-state index contributed by atoms with van der Waals surface area (Å²) in [6.45, 7) is 2.33. The van der Waals surface area contributed by atoms with Gasteiger partial charge in [-0.05, 0) is 18.9 Å². The second kappa shape index (κ2) is 6.28. The molecule has 0 fully saturated rings. The van der Waals surface area contributed by atoms with Crippen molar-refractivity contribution in [2.24, 2.45) is 0 Å². The Hall–Kier alpha value is -1.96. The molecule has 0 aromatic heterocycles. The van der Waals surface area contributed by atoms with E-state index in [1.54, 1.807) is 0 Å². The number of ether oxygens (including phenoxy) is 1. The maximum absolute atomic E-state index is 11.7. The van der Waals surface area contributed by atoms with Crippen LogP contribution in [0.25, 0.3) is 0 Å². The standard InChI is InChI=1S/C11H12NO6S/c1-9(18-8-13)19(16,17)7-6-10-2-4-11(5-3-10)12(14)15/h2-5,9H,6-7H2,1H3. The van der Waals surface area contributed by atoms with Gasteiger partial charge in [0.05, 0.1) is 10.7 Å². The Morgan fingerprint density at radius 2 is 1.95 bits per heavy atom. The van der Waals surface area contributed by atoms with E-state index in [0.29, 0.717) is 5.56 Å². The average Bonchev–Trinajstić information content (AvgIpc) is 2.37. The molecule has 0 bridgehead atoms. The SMILES string of the molecule is CC(O[C]=O)S(=O)(=O)CCc1ccc([N+](=O)[O-])cc1. The molecule has 1 rings (SSSR count). The molecule has 0 saturated heterocycles. The fraction of sp³-hybridized carbons (Fsp3) is 0.364. The van der Waals surface area contributed by atoms with Gasteiger partial charge in [0.15, 0.2) is 15.3 Å². The van der Waals surface area contributed by atoms with Crippen molar-refractivity contribution in [3.05, 3.63) is 39.9 Å². The number of hydrogen-bond donors (Lipinski definition) is 0. The molecule has 1 aromatic carbocycles. The third-order valence-electron chi connectivity index (χ3n) is 2.54. The van der Waals surface area contributed by atoms with Gasteiger partial charge >= 0.3 is 6.47 Å². The van der Waals surface area contributed by atoms with E-state index < -0.39 is 20.2 Å². The van der Waals surface area contributed by atoms with Crippen LogP contribution in [-0.4, -0.2) is 31.0 Å². The van der Waals surface area contributed by atoms with Crippen LogP contribution in [0.15, 0.2) is 24.3 Å². The lowest BCUT2D eigenvalue weighted by Crippen LogP contribution is -2.24. The molecular weight excluding hydrogens is 274 g/mol. The highest BCUT2D eigenvalue weighted by molar-refractivity contribution is 7.91. The number of benzene rings is 1. The maximum Gasteiger partial charge on any atom is 0.418 e. The number of aryl methyl sites for hydroxylation is 1. The Labute approximate surface area is 110 Å². The van der Waals surface area contributed by atoms with E-state index in [0.717, 1.165) is 6.47 Å². The van der Waals surface area contributed by atoms with Crippen molar-refractivity contribution in [1.82, 2.24) is 0 Å². The largest absolute Gasteiger partial charge is 0.438 e. The molecule has 19 heavy (non-hydrogen) atoms. The summed E-state index contributed by atoms with van der Waals surface area (Å²) in [5, 5.41) is 10.4. The summed E-state index contributed by atoms with van der Waals surface area (Å²) in [6, 6.07) is 5.60. The van der Waals surface area contributed by atoms with E-state index in [1.807, 2.05) is 0 Å². The van der Waals surface area contributed by atoms with Gasteiger partial charge in [0.25, 0.3) is 5.69 Å². The summed E-state index contributed by atoms with van der Waals surface area (Å²) in [4.78, 5) is 19.9. The number of nitrogens with zero attached hydrogens (tertiary/aromatic N) is 1. The molecule has 0 amide bonds. The van der Waals surface area contributed by atoms with Gasteiger partial charge in [0.2, 0.25) is 0 Å². The average molecular weight is 286 g/mol. The van der Waals surface area contributed by atoms with Crippen molar-refractivity contribution in [3.8, 4) is 0 Å². The van der Waals surface area contributed by atoms with Gasteiger partial charge in [-0.1, -0.05) is 12.1 Å². The van der Waals surface area contributed by atoms with Crippen LogP contribution in [0.2, 0.25) is 0 Å². The first-order valence-electron chi connectivity index (χ1n) is 5.34. The first-order chi connectivity index (χ1) is 8.86. The molecule has 8 heteroatoms. The molecular formula is C11H12NO6S. The van der Waals surface area contributed by atoms with Crippen molar-refractivity contribution >= 4 is 22.0 Å². The minimum atomic E-state index is -3.57. The molecule has 103 valence electrons. The van der Waals surface area contributed by atoms with Gasteiger partial charge in [0.1, 0.15) is 0 Å². The molecule has 0 saturated carbocycles. The number of sulfone groups is 1. The van der Waals surface area contributed by atoms with Crippen molar-refractivity contribution in [2.75, 3.05) is 5.75 Å². The van der Waals surface area contributed by atoms with E-state index in [9.17, 15) is 23.3 Å². The van der Waals surface area contributed by atoms with Gasteiger partial charge in [-0.3, -0.25) is 10.1 Å². The summed E-state index contributed by atoms with van der Waals surface area (Å²) in [7, 11) is -3.57. The molecule has 0 aliphatic rings. The predicted molar refractivity (Wildman–Crippen MR) is 66.8 cm³/mol. The molecule has 1 aromatic rings. The van der Waals surface area contributed by atoms with E-state index in [-0.39, 0.29) is 17.9 Å². The number of carbonyl (C=O) groups excluding carboxylic acids is 1. The van der Waals surface area contributed by atoms with Gasteiger partial charge in [-0.2, -0.15) is 0 Å². The summed E-state index contributed by atoms with van der Waals surface area (Å²) in [5.74, 6) is -0.215. The molecule has 1 atom stereocenters. The number of nitro groups is 1. The summed E-state index contributed by atoms with van der Waals surface area (Å²) < 4.78 is 27.6. The van der Waals surface area contributed by atoms with Crippen LogP contribution in [0.1, 0.15) is 12.5 Å². The van der Waals surface area contributed by atoms with Gasteiger partial charge < -0.3 is 4.74 Å². The highest BCUT2D eigenvalue weighted by atomic mass is 32.2. The zero-order valence-electron chi connectivity index (χ0n) is 10.1. The maximum atomic E-state index is 11.7. The number of non-ortho nitro benzene ring substituents is 1. The molecule has 0 aliphatic heterocycles. The second-order valence-corrected chi connectivity index (χ2v) is 6.21. The topological polar surface area (TPSA) is 104 Å². The first-order valence-corrected chi connectivity index (χ1v) is 7.06. The molecule has 0 N–H and O–H groups in total. The van der Waals surface area contributed by atoms with Crippen LogP contribution >= 0.6 is 0 Å². The number of nitro benzene ring substituents is 1. The Morgan fingerprint density at radius 3 is 2.42 bits per heavy atom. The van der Waals surface area contributed by atoms with Crippen LogP contribution < -0.4 is 0 Å². The highest BCUT2D eigenvalue weighted by Gasteiger charge is 2.22. The third kappa shape index (κ3) is 4.32. The molecule has 7 nitrogen and oxygen atoms in total. The fourth-order valence-corrected chi connectivity index (χ4v) is 2.39. The molecule has 0 aliphatic carbocycles. The van der Waals surface area contributed by atoms with E-state index >= 15 is 0 Å². The van der Waals surface area contributed by atoms with E-state index in [4.69, 9.17) is 0 Å². The molecule has 1 radical (unpaired) electrons. The van der Waals surface area contributed by atoms with Gasteiger partial charge in [-0.15, -0.1) is 0 Å². The van der Waals surface area contributed by atoms with E-state index in [1.165, 1.54) is 31.2 Å². The molecule has 1 unspecified atom stereocenters. The van der Waals surface area contributed by atoms with Crippen LogP contribution in [-0.2, 0) is 25.8 Å². The lowest BCUT2D eigenvalue weighted by Gasteiger charge is -2.10. The Morgan fingerprint density at radius 1 is 1.37 bits per heavy atom. The Bertz CT molecular complexity index is 551. The normalized spacial score (nSPS) is 12.7. The van der Waals surface area contributed by atoms with Crippen molar-refractivity contribution in [1.29, 1.82) is 0 Å². The number of rotatable bonds is 7. The zero-order valence-corrected chi connectivity index (χ0v) is 10.9. The first kappa shape index (κ1) is 15.1. The minimum Gasteiger partial charge on any atom is -0.438 e. The Kier molecular flexibility index (Phi) is 4.99. The highest BCUT2D eigenvalue weighted by Crippen LogP contribution is 2.13. The smallest absolute Gasteiger partial charge is 0.418 e. The van der Waals surface area contributed by atoms with Crippen molar-refractivity contribution in [2.45, 2.75) is 18.8 Å². The minimum absolute atomic E-state index is 0.0566. The zero-order chi connectivity index (χ0) is 14.5. The van der Waals surface area contributed by atoms with Crippen LogP contribution in [0, 0.1) is 10.1 Å². The quantitative estimate of drug-likeness (QED) is 0.546. The van der Waals surface area contributed by atoms with Crippen LogP contribution in [0.4, 0.5) is 5.69 Å². The lowest BCUT2D eigenvalue weighted by molar-refractivity contribution is -0.384. The monoisotopic (exact) mass is 286 g/mol. The van der Waals surface area contributed by atoms with E-state index in [2.05, 4.69) is 4.74 Å². The Balaban J connectivity index is 2.66. The fourth-order valence-electron chi connectivity index (χ4n) is 1.35. The van der Waals surface area contributed by atoms with Crippen molar-refractivity contribution in [3.63, 3.8) is 0 Å². The lowest BCUT2D eigenvalue weighted by atomic mass is 10.1. The van der Waals surface area contributed by atoms with Gasteiger partial charge in [-0.25, -0.2) is 13.2 Å². The summed E-state index contributed by atoms with van der Waals surface area (Å²) >= 11 is 0. The summed E-state index contributed by atoms with van der Waals surface area (Å²) in [5.41, 5.74) is -0.654. The third-order valence-corrected chi connectivity index (χ3v) is 4.42. The van der Waals surface area contributed by atoms with Crippen LogP contribution in [0.3, 0.4) is 0 Å².